The third kappa shape index (κ3) is 1.96. The zero-order chi connectivity index (χ0) is 10.8. The van der Waals surface area contributed by atoms with Gasteiger partial charge in [-0.3, -0.25) is 4.68 Å². The molecule has 1 aromatic carbocycles. The van der Waals surface area contributed by atoms with Crippen molar-refractivity contribution >= 4 is 10.9 Å². The van der Waals surface area contributed by atoms with Gasteiger partial charge in [-0.25, -0.2) is 0 Å². The van der Waals surface area contributed by atoms with Crippen LogP contribution in [0.15, 0.2) is 24.4 Å². The maximum Gasteiger partial charge on any atom is 0.119 e. The first kappa shape index (κ1) is 10.0. The van der Waals surface area contributed by atoms with Crippen LogP contribution in [-0.4, -0.2) is 16.9 Å². The Hall–Kier alpha value is -1.51. The van der Waals surface area contributed by atoms with Crippen LogP contribution in [-0.2, 0) is 6.54 Å². The van der Waals surface area contributed by atoms with Crippen LogP contribution in [0.1, 0.15) is 13.8 Å². The molecule has 0 radical (unpaired) electrons. The van der Waals surface area contributed by atoms with Crippen LogP contribution in [0.25, 0.3) is 10.9 Å². The lowest BCUT2D eigenvalue weighted by Gasteiger charge is -2.06. The van der Waals surface area contributed by atoms with Gasteiger partial charge in [0.05, 0.1) is 18.8 Å². The van der Waals surface area contributed by atoms with E-state index < -0.39 is 0 Å². The number of aromatic nitrogens is 2. The molecule has 3 nitrogen and oxygen atoms in total. The Labute approximate surface area is 89.7 Å². The van der Waals surface area contributed by atoms with E-state index in [4.69, 9.17) is 4.74 Å². The molecule has 1 heterocycles. The van der Waals surface area contributed by atoms with Gasteiger partial charge in [-0.05, 0) is 24.1 Å². The molecule has 0 aliphatic heterocycles. The Morgan fingerprint density at radius 3 is 2.87 bits per heavy atom. The standard InChI is InChI=1S/C12H16N2O/c1-9(2)8-14-12-5-4-11(15-3)6-10(12)7-13-14/h4-7,9H,8H2,1-3H3. The van der Waals surface area contributed by atoms with E-state index in [0.717, 1.165) is 17.7 Å². The highest BCUT2D eigenvalue weighted by Gasteiger charge is 2.04. The quantitative estimate of drug-likeness (QED) is 0.768. The van der Waals surface area contributed by atoms with E-state index in [2.05, 4.69) is 25.0 Å². The minimum Gasteiger partial charge on any atom is -0.497 e. The molecule has 0 bridgehead atoms. The molecular formula is C12H16N2O. The van der Waals surface area contributed by atoms with Gasteiger partial charge in [-0.1, -0.05) is 13.8 Å². The van der Waals surface area contributed by atoms with Gasteiger partial charge in [0.1, 0.15) is 5.75 Å². The number of benzene rings is 1. The molecular weight excluding hydrogens is 188 g/mol. The monoisotopic (exact) mass is 204 g/mol. The van der Waals surface area contributed by atoms with Crippen molar-refractivity contribution in [3.8, 4) is 5.75 Å². The Bertz CT molecular complexity index is 460. The predicted octanol–water partition coefficient (Wildman–Crippen LogP) is 2.70. The van der Waals surface area contributed by atoms with Crippen LogP contribution >= 0.6 is 0 Å². The molecule has 80 valence electrons. The van der Waals surface area contributed by atoms with Crippen molar-refractivity contribution in [2.45, 2.75) is 20.4 Å². The smallest absolute Gasteiger partial charge is 0.119 e. The molecule has 0 N–H and O–H groups in total. The number of nitrogens with zero attached hydrogens (tertiary/aromatic N) is 2. The highest BCUT2D eigenvalue weighted by Crippen LogP contribution is 2.20. The Kier molecular flexibility index (Phi) is 2.62. The minimum absolute atomic E-state index is 0.607. The first-order valence-electron chi connectivity index (χ1n) is 5.20. The van der Waals surface area contributed by atoms with E-state index in [0.29, 0.717) is 5.92 Å². The van der Waals surface area contributed by atoms with Crippen LogP contribution in [0.2, 0.25) is 0 Å². The van der Waals surface area contributed by atoms with Crippen LogP contribution in [0, 0.1) is 5.92 Å². The first-order chi connectivity index (χ1) is 7.20. The summed E-state index contributed by atoms with van der Waals surface area (Å²) in [7, 11) is 1.68. The molecule has 0 saturated heterocycles. The zero-order valence-corrected chi connectivity index (χ0v) is 9.40. The van der Waals surface area contributed by atoms with Gasteiger partial charge in [0.15, 0.2) is 0 Å². The third-order valence-electron chi connectivity index (χ3n) is 2.39. The zero-order valence-electron chi connectivity index (χ0n) is 9.40. The summed E-state index contributed by atoms with van der Waals surface area (Å²) >= 11 is 0. The number of fused-ring (bicyclic) bond motifs is 1. The van der Waals surface area contributed by atoms with Crippen molar-refractivity contribution in [2.24, 2.45) is 5.92 Å². The molecule has 0 aliphatic carbocycles. The lowest BCUT2D eigenvalue weighted by atomic mass is 10.2. The molecule has 1 aromatic heterocycles. The lowest BCUT2D eigenvalue weighted by Crippen LogP contribution is -2.05. The van der Waals surface area contributed by atoms with Crippen LogP contribution in [0.3, 0.4) is 0 Å². The highest BCUT2D eigenvalue weighted by molar-refractivity contribution is 5.80. The number of methoxy groups -OCH3 is 1. The summed E-state index contributed by atoms with van der Waals surface area (Å²) in [5, 5.41) is 5.51. The molecule has 2 aromatic rings. The van der Waals surface area contributed by atoms with E-state index in [9.17, 15) is 0 Å². The molecule has 0 saturated carbocycles. The van der Waals surface area contributed by atoms with E-state index in [-0.39, 0.29) is 0 Å². The van der Waals surface area contributed by atoms with Crippen LogP contribution in [0.4, 0.5) is 0 Å². The number of hydrogen-bond acceptors (Lipinski definition) is 2. The summed E-state index contributed by atoms with van der Waals surface area (Å²) < 4.78 is 7.22. The summed E-state index contributed by atoms with van der Waals surface area (Å²) in [5.41, 5.74) is 1.17. The first-order valence-corrected chi connectivity index (χ1v) is 5.20. The minimum atomic E-state index is 0.607. The molecule has 0 aliphatic rings. The molecule has 0 amide bonds. The predicted molar refractivity (Wildman–Crippen MR) is 61.1 cm³/mol. The van der Waals surface area contributed by atoms with Gasteiger partial charge in [-0.2, -0.15) is 5.10 Å². The topological polar surface area (TPSA) is 27.1 Å². The summed E-state index contributed by atoms with van der Waals surface area (Å²) in [4.78, 5) is 0. The number of rotatable bonds is 3. The van der Waals surface area contributed by atoms with Gasteiger partial charge >= 0.3 is 0 Å². The van der Waals surface area contributed by atoms with E-state index >= 15 is 0 Å². The van der Waals surface area contributed by atoms with Gasteiger partial charge in [0.25, 0.3) is 0 Å². The van der Waals surface area contributed by atoms with Crippen molar-refractivity contribution in [1.29, 1.82) is 0 Å². The second-order valence-electron chi connectivity index (χ2n) is 4.15. The lowest BCUT2D eigenvalue weighted by molar-refractivity contribution is 0.415. The molecule has 15 heavy (non-hydrogen) atoms. The van der Waals surface area contributed by atoms with E-state index in [1.165, 1.54) is 5.52 Å². The maximum atomic E-state index is 5.18. The maximum absolute atomic E-state index is 5.18. The van der Waals surface area contributed by atoms with Crippen molar-refractivity contribution in [1.82, 2.24) is 9.78 Å². The summed E-state index contributed by atoms with van der Waals surface area (Å²) in [6.07, 6.45) is 1.89. The largest absolute Gasteiger partial charge is 0.497 e. The van der Waals surface area contributed by atoms with Gasteiger partial charge in [0.2, 0.25) is 0 Å². The summed E-state index contributed by atoms with van der Waals surface area (Å²) in [5.74, 6) is 1.49. The average Bonchev–Trinajstić information content (AvgIpc) is 2.60. The molecule has 3 heteroatoms. The number of hydrogen-bond donors (Lipinski definition) is 0. The summed E-state index contributed by atoms with van der Waals surface area (Å²) in [6.45, 7) is 5.34. The Morgan fingerprint density at radius 1 is 1.40 bits per heavy atom. The van der Waals surface area contributed by atoms with Gasteiger partial charge in [0, 0.05) is 11.9 Å². The van der Waals surface area contributed by atoms with Gasteiger partial charge in [-0.15, -0.1) is 0 Å². The molecule has 0 atom stereocenters. The Morgan fingerprint density at radius 2 is 2.20 bits per heavy atom. The van der Waals surface area contributed by atoms with Gasteiger partial charge < -0.3 is 4.74 Å². The van der Waals surface area contributed by atoms with Crippen molar-refractivity contribution in [2.75, 3.05) is 7.11 Å². The molecule has 0 fully saturated rings. The highest BCUT2D eigenvalue weighted by atomic mass is 16.5. The SMILES string of the molecule is COc1ccc2c(cnn2CC(C)C)c1. The average molecular weight is 204 g/mol. The second kappa shape index (κ2) is 3.93. The summed E-state index contributed by atoms with van der Waals surface area (Å²) in [6, 6.07) is 6.05. The second-order valence-corrected chi connectivity index (χ2v) is 4.15. The van der Waals surface area contributed by atoms with Crippen molar-refractivity contribution in [3.05, 3.63) is 24.4 Å². The molecule has 0 unspecified atom stereocenters. The fourth-order valence-corrected chi connectivity index (χ4v) is 1.68. The van der Waals surface area contributed by atoms with E-state index in [1.54, 1.807) is 7.11 Å². The normalized spacial score (nSPS) is 11.2. The molecule has 2 rings (SSSR count). The fraction of sp³-hybridized carbons (Fsp3) is 0.417. The number of ether oxygens (including phenoxy) is 1. The van der Waals surface area contributed by atoms with Crippen molar-refractivity contribution in [3.63, 3.8) is 0 Å². The van der Waals surface area contributed by atoms with Crippen LogP contribution in [0.5, 0.6) is 5.75 Å². The van der Waals surface area contributed by atoms with Crippen molar-refractivity contribution < 1.29 is 4.74 Å². The van der Waals surface area contributed by atoms with E-state index in [1.807, 2.05) is 23.0 Å². The Balaban J connectivity index is 2.43. The molecule has 0 spiro atoms. The fourth-order valence-electron chi connectivity index (χ4n) is 1.68. The van der Waals surface area contributed by atoms with Crippen LogP contribution < -0.4 is 4.74 Å². The third-order valence-corrected chi connectivity index (χ3v) is 2.39.